The number of carbonyl (C=O) groups is 1. The molecule has 0 spiro atoms. The molecule has 2 aliphatic carbocycles. The first-order valence-corrected chi connectivity index (χ1v) is 9.66. The predicted molar refractivity (Wildman–Crippen MR) is 88.0 cm³/mol. The van der Waals surface area contributed by atoms with Crippen molar-refractivity contribution in [2.45, 2.75) is 63.3 Å². The van der Waals surface area contributed by atoms with Gasteiger partial charge < -0.3 is 5.32 Å². The summed E-state index contributed by atoms with van der Waals surface area (Å²) in [6, 6.07) is 2.15. The van der Waals surface area contributed by atoms with Gasteiger partial charge in [0, 0.05) is 10.2 Å². The molecule has 0 saturated heterocycles. The third-order valence-corrected chi connectivity index (χ3v) is 6.97. The van der Waals surface area contributed by atoms with Gasteiger partial charge in [-0.2, -0.15) is 0 Å². The summed E-state index contributed by atoms with van der Waals surface area (Å²) in [6.07, 6.45) is 10.9. The van der Waals surface area contributed by atoms with Crippen molar-refractivity contribution in [3.63, 3.8) is 0 Å². The van der Waals surface area contributed by atoms with Crippen molar-refractivity contribution in [3.05, 3.63) is 21.4 Å². The largest absolute Gasteiger partial charge is 0.345 e. The van der Waals surface area contributed by atoms with Gasteiger partial charge in [0.2, 0.25) is 0 Å². The average Bonchev–Trinajstić information content (AvgIpc) is 3.02. The molecule has 1 amide bonds. The lowest BCUT2D eigenvalue weighted by molar-refractivity contribution is 0.0914. The van der Waals surface area contributed by atoms with Crippen LogP contribution < -0.4 is 5.32 Å². The number of carbonyl (C=O) groups excluding carboxylic acids is 1. The van der Waals surface area contributed by atoms with Gasteiger partial charge in [0.25, 0.3) is 5.91 Å². The van der Waals surface area contributed by atoms with Gasteiger partial charge in [-0.1, -0.05) is 35.2 Å². The second-order valence-electron chi connectivity index (χ2n) is 6.19. The van der Waals surface area contributed by atoms with E-state index in [0.717, 1.165) is 35.9 Å². The number of thiophene rings is 1. The second-order valence-corrected chi connectivity index (χ2v) is 7.89. The van der Waals surface area contributed by atoms with Gasteiger partial charge in [-0.25, -0.2) is 0 Å². The molecular weight excluding hydrogens is 334 g/mol. The lowest BCUT2D eigenvalue weighted by atomic mass is 10.0. The Bertz CT molecular complexity index is 467. The van der Waals surface area contributed by atoms with Crippen molar-refractivity contribution in [2.75, 3.05) is 5.33 Å². The van der Waals surface area contributed by atoms with Crippen LogP contribution in [-0.2, 0) is 12.8 Å². The molecule has 1 aromatic heterocycles. The van der Waals surface area contributed by atoms with Crippen LogP contribution in [0.4, 0.5) is 0 Å². The van der Waals surface area contributed by atoms with Gasteiger partial charge >= 0.3 is 0 Å². The molecule has 110 valence electrons. The molecule has 20 heavy (non-hydrogen) atoms. The molecule has 0 aromatic carbocycles. The van der Waals surface area contributed by atoms with Crippen LogP contribution in [0.1, 0.15) is 65.1 Å². The van der Waals surface area contributed by atoms with E-state index in [9.17, 15) is 4.79 Å². The van der Waals surface area contributed by atoms with E-state index in [4.69, 9.17) is 0 Å². The minimum absolute atomic E-state index is 0.00152. The molecule has 1 aromatic rings. The molecule has 0 atom stereocenters. The van der Waals surface area contributed by atoms with Crippen molar-refractivity contribution in [1.82, 2.24) is 5.32 Å². The molecule has 1 heterocycles. The van der Waals surface area contributed by atoms with E-state index in [-0.39, 0.29) is 11.4 Å². The normalized spacial score (nSPS) is 21.2. The molecule has 1 saturated carbocycles. The van der Waals surface area contributed by atoms with Crippen LogP contribution in [-0.4, -0.2) is 16.8 Å². The highest BCUT2D eigenvalue weighted by Crippen LogP contribution is 2.33. The fraction of sp³-hybridized carbons (Fsp3) is 0.688. The maximum absolute atomic E-state index is 12.5. The zero-order chi connectivity index (χ0) is 14.0. The van der Waals surface area contributed by atoms with Gasteiger partial charge in [0.05, 0.1) is 10.4 Å². The molecule has 2 nitrogen and oxygen atoms in total. The highest BCUT2D eigenvalue weighted by molar-refractivity contribution is 9.09. The summed E-state index contributed by atoms with van der Waals surface area (Å²) in [6.45, 7) is 0. The van der Waals surface area contributed by atoms with Crippen molar-refractivity contribution in [3.8, 4) is 0 Å². The number of alkyl halides is 1. The van der Waals surface area contributed by atoms with Crippen LogP contribution in [0.3, 0.4) is 0 Å². The van der Waals surface area contributed by atoms with E-state index in [1.54, 1.807) is 11.3 Å². The van der Waals surface area contributed by atoms with E-state index >= 15 is 0 Å². The SMILES string of the molecule is O=C(NC1(CBr)CCCC1)c1cc2c(s1)CCCCC2. The molecule has 0 bridgehead atoms. The van der Waals surface area contributed by atoms with Crippen LogP contribution in [0.2, 0.25) is 0 Å². The average molecular weight is 356 g/mol. The van der Waals surface area contributed by atoms with Gasteiger partial charge in [0.15, 0.2) is 0 Å². The highest BCUT2D eigenvalue weighted by Gasteiger charge is 2.34. The summed E-state index contributed by atoms with van der Waals surface area (Å²) < 4.78 is 0. The summed E-state index contributed by atoms with van der Waals surface area (Å²) in [5.41, 5.74) is 1.43. The molecule has 0 unspecified atom stereocenters. The Labute approximate surface area is 133 Å². The number of amides is 1. The molecule has 1 N–H and O–H groups in total. The first-order chi connectivity index (χ1) is 9.72. The Morgan fingerprint density at radius 3 is 2.70 bits per heavy atom. The van der Waals surface area contributed by atoms with Crippen molar-refractivity contribution in [1.29, 1.82) is 0 Å². The summed E-state index contributed by atoms with van der Waals surface area (Å²) >= 11 is 5.31. The Kier molecular flexibility index (Phi) is 4.51. The van der Waals surface area contributed by atoms with E-state index in [1.165, 1.54) is 42.5 Å². The van der Waals surface area contributed by atoms with Crippen LogP contribution in [0.5, 0.6) is 0 Å². The smallest absolute Gasteiger partial charge is 0.261 e. The fourth-order valence-electron chi connectivity index (χ4n) is 3.43. The molecule has 2 aliphatic rings. The Hall–Kier alpha value is -0.350. The van der Waals surface area contributed by atoms with Crippen LogP contribution >= 0.6 is 27.3 Å². The van der Waals surface area contributed by atoms with Crippen molar-refractivity contribution in [2.24, 2.45) is 0 Å². The van der Waals surface area contributed by atoms with Gasteiger partial charge in [-0.15, -0.1) is 11.3 Å². The number of aryl methyl sites for hydroxylation is 2. The summed E-state index contributed by atoms with van der Waals surface area (Å²) in [5, 5.41) is 4.18. The Balaban J connectivity index is 1.74. The van der Waals surface area contributed by atoms with E-state index in [0.29, 0.717) is 0 Å². The summed E-state index contributed by atoms with van der Waals surface area (Å²) in [7, 11) is 0. The summed E-state index contributed by atoms with van der Waals surface area (Å²) in [5.74, 6) is 0.143. The van der Waals surface area contributed by atoms with Gasteiger partial charge in [0.1, 0.15) is 0 Å². The number of fused-ring (bicyclic) bond motifs is 1. The Morgan fingerprint density at radius 1 is 1.20 bits per heavy atom. The molecule has 4 heteroatoms. The number of halogens is 1. The standard InChI is InChI=1S/C16H22BrNOS/c17-11-16(8-4-5-9-16)18-15(19)14-10-12-6-2-1-3-7-13(12)20-14/h10H,1-9,11H2,(H,18,19). The molecule has 0 radical (unpaired) electrons. The van der Waals surface area contributed by atoms with E-state index in [1.807, 2.05) is 0 Å². The third kappa shape index (κ3) is 2.96. The third-order valence-electron chi connectivity index (χ3n) is 4.67. The molecule has 0 aliphatic heterocycles. The van der Waals surface area contributed by atoms with Crippen LogP contribution in [0.25, 0.3) is 0 Å². The number of hydrogen-bond donors (Lipinski definition) is 1. The summed E-state index contributed by atoms with van der Waals surface area (Å²) in [4.78, 5) is 14.9. The monoisotopic (exact) mass is 355 g/mol. The quantitative estimate of drug-likeness (QED) is 0.629. The lowest BCUT2D eigenvalue weighted by Gasteiger charge is -2.27. The minimum Gasteiger partial charge on any atom is -0.345 e. The Morgan fingerprint density at radius 2 is 1.95 bits per heavy atom. The minimum atomic E-state index is -0.00152. The first-order valence-electron chi connectivity index (χ1n) is 7.72. The predicted octanol–water partition coefficient (Wildman–Crippen LogP) is 4.45. The van der Waals surface area contributed by atoms with Crippen LogP contribution in [0, 0.1) is 0 Å². The second kappa shape index (κ2) is 6.18. The molecule has 3 rings (SSSR count). The topological polar surface area (TPSA) is 29.1 Å². The first kappa shape index (κ1) is 14.6. The molecular formula is C16H22BrNOS. The van der Waals surface area contributed by atoms with Gasteiger partial charge in [-0.05, 0) is 50.2 Å². The highest BCUT2D eigenvalue weighted by atomic mass is 79.9. The van der Waals surface area contributed by atoms with E-state index < -0.39 is 0 Å². The van der Waals surface area contributed by atoms with Crippen molar-refractivity contribution < 1.29 is 4.79 Å². The zero-order valence-electron chi connectivity index (χ0n) is 11.8. The van der Waals surface area contributed by atoms with E-state index in [2.05, 4.69) is 27.3 Å². The van der Waals surface area contributed by atoms with Crippen LogP contribution in [0.15, 0.2) is 6.07 Å². The van der Waals surface area contributed by atoms with Crippen molar-refractivity contribution >= 4 is 33.2 Å². The number of rotatable bonds is 3. The lowest BCUT2D eigenvalue weighted by Crippen LogP contribution is -2.47. The number of hydrogen-bond acceptors (Lipinski definition) is 2. The fourth-order valence-corrected chi connectivity index (χ4v) is 5.28. The van der Waals surface area contributed by atoms with Gasteiger partial charge in [-0.3, -0.25) is 4.79 Å². The maximum Gasteiger partial charge on any atom is 0.261 e. The maximum atomic E-state index is 12.5. The zero-order valence-corrected chi connectivity index (χ0v) is 14.2. The number of nitrogens with one attached hydrogen (secondary N) is 1. The molecule has 1 fully saturated rings.